The summed E-state index contributed by atoms with van der Waals surface area (Å²) in [7, 11) is 0. The molecule has 0 saturated carbocycles. The van der Waals surface area contributed by atoms with E-state index in [2.05, 4.69) is 39.7 Å². The zero-order valence-electron chi connectivity index (χ0n) is 16.6. The van der Waals surface area contributed by atoms with Crippen molar-refractivity contribution in [2.45, 2.75) is 20.8 Å². The van der Waals surface area contributed by atoms with Gasteiger partial charge < -0.3 is 20.4 Å². The molecule has 0 spiro atoms. The van der Waals surface area contributed by atoms with E-state index in [1.165, 1.54) is 0 Å². The average molecular weight is 386 g/mol. The summed E-state index contributed by atoms with van der Waals surface area (Å²) >= 11 is 0. The van der Waals surface area contributed by atoms with Crippen LogP contribution in [-0.4, -0.2) is 29.0 Å². The van der Waals surface area contributed by atoms with Crippen LogP contribution < -0.4 is 15.4 Å². The van der Waals surface area contributed by atoms with Gasteiger partial charge in [0, 0.05) is 35.8 Å². The third-order valence-corrected chi connectivity index (χ3v) is 5.52. The number of anilines is 2. The number of ether oxygens (including phenoxy) is 1. The van der Waals surface area contributed by atoms with Gasteiger partial charge in [0.15, 0.2) is 0 Å². The third-order valence-electron chi connectivity index (χ3n) is 5.52. The van der Waals surface area contributed by atoms with Crippen LogP contribution in [0.4, 0.5) is 11.4 Å². The zero-order chi connectivity index (χ0) is 20.1. The monoisotopic (exact) mass is 386 g/mol. The predicted molar refractivity (Wildman–Crippen MR) is 115 cm³/mol. The van der Waals surface area contributed by atoms with Crippen LogP contribution in [0.2, 0.25) is 0 Å². The second-order valence-electron chi connectivity index (χ2n) is 7.61. The standard InChI is InChI=1S/C23H22N4O2/c1-12-6-16(25-10-12)9-18-17-8-15(7-13(2)20(17)27-22(18)28)19-11-26-23-21(14(19)3)24-4-5-29-23/h6-11,24-25H,4-5H2,1-3H3,(H,27,28). The van der Waals surface area contributed by atoms with Crippen molar-refractivity contribution in [2.75, 3.05) is 23.8 Å². The minimum Gasteiger partial charge on any atom is -0.474 e. The highest BCUT2D eigenvalue weighted by atomic mass is 16.5. The first-order valence-corrected chi connectivity index (χ1v) is 9.71. The number of hydrogen-bond donors (Lipinski definition) is 3. The Morgan fingerprint density at radius 1 is 1.10 bits per heavy atom. The molecule has 3 aromatic rings. The van der Waals surface area contributed by atoms with Crippen molar-refractivity contribution in [3.8, 4) is 17.0 Å². The van der Waals surface area contributed by atoms with E-state index in [4.69, 9.17) is 4.74 Å². The fourth-order valence-corrected chi connectivity index (χ4v) is 4.04. The average Bonchev–Trinajstić information content (AvgIpc) is 3.26. The van der Waals surface area contributed by atoms with Crippen molar-refractivity contribution in [1.82, 2.24) is 9.97 Å². The molecule has 29 heavy (non-hydrogen) atoms. The number of aromatic nitrogens is 2. The van der Waals surface area contributed by atoms with Gasteiger partial charge in [0.2, 0.25) is 5.88 Å². The SMILES string of the molecule is Cc1c[nH]c(C=C2C(=O)Nc3c(C)cc(-c4cnc5c(c4C)NCCO5)cc32)c1. The van der Waals surface area contributed by atoms with Gasteiger partial charge in [0.1, 0.15) is 12.3 Å². The number of fused-ring (bicyclic) bond motifs is 2. The second kappa shape index (κ2) is 6.51. The van der Waals surface area contributed by atoms with Gasteiger partial charge in [0.05, 0.1) is 11.3 Å². The Bertz CT molecular complexity index is 1190. The molecule has 1 aromatic carbocycles. The highest BCUT2D eigenvalue weighted by Gasteiger charge is 2.27. The summed E-state index contributed by atoms with van der Waals surface area (Å²) in [6, 6.07) is 6.20. The van der Waals surface area contributed by atoms with Crippen LogP contribution in [0.25, 0.3) is 22.8 Å². The lowest BCUT2D eigenvalue weighted by atomic mass is 9.94. The number of carbonyl (C=O) groups is 1. The number of aromatic amines is 1. The summed E-state index contributed by atoms with van der Waals surface area (Å²) in [4.78, 5) is 20.4. The molecule has 146 valence electrons. The number of nitrogens with one attached hydrogen (secondary N) is 3. The van der Waals surface area contributed by atoms with E-state index < -0.39 is 0 Å². The highest BCUT2D eigenvalue weighted by Crippen LogP contribution is 2.41. The molecular formula is C23H22N4O2. The Balaban J connectivity index is 1.65. The third kappa shape index (κ3) is 2.88. The van der Waals surface area contributed by atoms with Crippen molar-refractivity contribution in [3.05, 3.63) is 58.5 Å². The fourth-order valence-electron chi connectivity index (χ4n) is 4.04. The van der Waals surface area contributed by atoms with Crippen LogP contribution in [0.3, 0.4) is 0 Å². The number of amides is 1. The van der Waals surface area contributed by atoms with Gasteiger partial charge >= 0.3 is 0 Å². The summed E-state index contributed by atoms with van der Waals surface area (Å²) in [6.07, 6.45) is 5.69. The molecule has 0 radical (unpaired) electrons. The van der Waals surface area contributed by atoms with Gasteiger partial charge in [-0.2, -0.15) is 0 Å². The summed E-state index contributed by atoms with van der Waals surface area (Å²) in [5.41, 5.74) is 9.62. The van der Waals surface area contributed by atoms with Crippen LogP contribution >= 0.6 is 0 Å². The van der Waals surface area contributed by atoms with E-state index in [-0.39, 0.29) is 5.91 Å². The Morgan fingerprint density at radius 3 is 2.76 bits per heavy atom. The first kappa shape index (κ1) is 17.6. The quantitative estimate of drug-likeness (QED) is 0.574. The number of pyridine rings is 1. The van der Waals surface area contributed by atoms with Crippen molar-refractivity contribution in [1.29, 1.82) is 0 Å². The van der Waals surface area contributed by atoms with Crippen molar-refractivity contribution < 1.29 is 9.53 Å². The predicted octanol–water partition coefficient (Wildman–Crippen LogP) is 4.30. The molecule has 3 N–H and O–H groups in total. The van der Waals surface area contributed by atoms with Gasteiger partial charge in [-0.05, 0) is 67.3 Å². The van der Waals surface area contributed by atoms with Gasteiger partial charge in [-0.1, -0.05) is 0 Å². The first-order chi connectivity index (χ1) is 14.0. The molecule has 0 fully saturated rings. The van der Waals surface area contributed by atoms with Crippen molar-refractivity contribution in [3.63, 3.8) is 0 Å². The normalized spacial score (nSPS) is 16.1. The minimum absolute atomic E-state index is 0.0807. The maximum absolute atomic E-state index is 12.7. The second-order valence-corrected chi connectivity index (χ2v) is 7.61. The molecule has 2 aliphatic rings. The van der Waals surface area contributed by atoms with E-state index in [1.54, 1.807) is 0 Å². The molecule has 2 aromatic heterocycles. The minimum atomic E-state index is -0.0807. The Hall–Kier alpha value is -3.54. The summed E-state index contributed by atoms with van der Waals surface area (Å²) in [5.74, 6) is 0.567. The zero-order valence-corrected chi connectivity index (χ0v) is 16.6. The molecule has 1 amide bonds. The van der Waals surface area contributed by atoms with E-state index in [0.29, 0.717) is 18.1 Å². The lowest BCUT2D eigenvalue weighted by Crippen LogP contribution is -2.20. The first-order valence-electron chi connectivity index (χ1n) is 9.71. The van der Waals surface area contributed by atoms with Crippen LogP contribution in [-0.2, 0) is 4.79 Å². The number of aryl methyl sites for hydroxylation is 2. The largest absolute Gasteiger partial charge is 0.474 e. The van der Waals surface area contributed by atoms with E-state index in [0.717, 1.165) is 57.0 Å². The molecule has 2 aliphatic heterocycles. The van der Waals surface area contributed by atoms with Gasteiger partial charge in [-0.3, -0.25) is 4.79 Å². The lowest BCUT2D eigenvalue weighted by molar-refractivity contribution is -0.110. The molecule has 0 unspecified atom stereocenters. The maximum atomic E-state index is 12.7. The highest BCUT2D eigenvalue weighted by molar-refractivity contribution is 6.35. The molecule has 5 rings (SSSR count). The van der Waals surface area contributed by atoms with Crippen LogP contribution in [0.1, 0.15) is 27.9 Å². The number of rotatable bonds is 2. The topological polar surface area (TPSA) is 79.0 Å². The molecule has 6 nitrogen and oxygen atoms in total. The Kier molecular flexibility index (Phi) is 3.94. The van der Waals surface area contributed by atoms with Gasteiger partial charge in [-0.15, -0.1) is 0 Å². The maximum Gasteiger partial charge on any atom is 0.256 e. The molecule has 6 heteroatoms. The number of carbonyl (C=O) groups excluding carboxylic acids is 1. The smallest absolute Gasteiger partial charge is 0.256 e. The Labute approximate surface area is 169 Å². The van der Waals surface area contributed by atoms with Gasteiger partial charge in [0.25, 0.3) is 5.91 Å². The molecular weight excluding hydrogens is 364 g/mol. The number of H-pyrrole nitrogens is 1. The summed E-state index contributed by atoms with van der Waals surface area (Å²) < 4.78 is 5.65. The van der Waals surface area contributed by atoms with Gasteiger partial charge in [-0.25, -0.2) is 4.98 Å². The Morgan fingerprint density at radius 2 is 1.97 bits per heavy atom. The molecule has 0 aliphatic carbocycles. The van der Waals surface area contributed by atoms with E-state index in [9.17, 15) is 4.79 Å². The molecule has 0 bridgehead atoms. The number of hydrogen-bond acceptors (Lipinski definition) is 4. The number of nitrogens with zero attached hydrogens (tertiary/aromatic N) is 1. The van der Waals surface area contributed by atoms with Crippen LogP contribution in [0.5, 0.6) is 5.88 Å². The fraction of sp³-hybridized carbons (Fsp3) is 0.217. The van der Waals surface area contributed by atoms with Crippen molar-refractivity contribution in [2.24, 2.45) is 0 Å². The lowest BCUT2D eigenvalue weighted by Gasteiger charge is -2.21. The summed E-state index contributed by atoms with van der Waals surface area (Å²) in [6.45, 7) is 7.50. The van der Waals surface area contributed by atoms with E-state index in [1.807, 2.05) is 38.4 Å². The van der Waals surface area contributed by atoms with Crippen LogP contribution in [0, 0.1) is 20.8 Å². The molecule has 0 atom stereocenters. The molecule has 4 heterocycles. The van der Waals surface area contributed by atoms with Crippen LogP contribution in [0.15, 0.2) is 30.6 Å². The summed E-state index contributed by atoms with van der Waals surface area (Å²) in [5, 5.41) is 6.41. The number of benzene rings is 1. The van der Waals surface area contributed by atoms with E-state index >= 15 is 0 Å². The van der Waals surface area contributed by atoms with Crippen molar-refractivity contribution >= 4 is 28.9 Å². The molecule has 0 saturated heterocycles.